The number of hydrogen-bond donors (Lipinski definition) is 2. The molecular formula is C22H22N4O2. The van der Waals surface area contributed by atoms with Crippen LogP contribution < -0.4 is 15.4 Å². The maximum absolute atomic E-state index is 12.6. The van der Waals surface area contributed by atoms with Gasteiger partial charge in [-0.15, -0.1) is 0 Å². The minimum absolute atomic E-state index is 0.0773. The fourth-order valence-corrected chi connectivity index (χ4v) is 3.27. The van der Waals surface area contributed by atoms with E-state index in [-0.39, 0.29) is 5.78 Å². The third kappa shape index (κ3) is 3.81. The van der Waals surface area contributed by atoms with Gasteiger partial charge in [0.05, 0.1) is 18.4 Å². The number of carbonyl (C=O) groups excluding carboxylic acids is 1. The van der Waals surface area contributed by atoms with Crippen molar-refractivity contribution in [2.24, 2.45) is 0 Å². The Morgan fingerprint density at radius 2 is 1.79 bits per heavy atom. The lowest BCUT2D eigenvalue weighted by molar-refractivity contribution is 0.0972. The Balaban J connectivity index is 1.72. The zero-order valence-electron chi connectivity index (χ0n) is 16.0. The number of fused-ring (bicyclic) bond motifs is 1. The van der Waals surface area contributed by atoms with Crippen molar-refractivity contribution >= 4 is 28.9 Å². The zero-order chi connectivity index (χ0) is 19.5. The van der Waals surface area contributed by atoms with Crippen LogP contribution in [0.1, 0.15) is 34.5 Å². The van der Waals surface area contributed by atoms with E-state index >= 15 is 0 Å². The first kappa shape index (κ1) is 18.0. The second-order valence-electron chi connectivity index (χ2n) is 6.84. The number of carbonyl (C=O) groups is 1. The lowest BCUT2D eigenvalue weighted by Gasteiger charge is -2.19. The fraction of sp³-hybridized carbons (Fsp3) is 0.227. The van der Waals surface area contributed by atoms with Crippen LogP contribution in [0.4, 0.5) is 23.1 Å². The Kier molecular flexibility index (Phi) is 4.93. The number of aromatic nitrogens is 2. The van der Waals surface area contributed by atoms with Crippen LogP contribution in [0.2, 0.25) is 0 Å². The molecule has 2 aromatic carbocycles. The number of ether oxygens (including phenoxy) is 1. The third-order valence-corrected chi connectivity index (χ3v) is 4.72. The van der Waals surface area contributed by atoms with Crippen LogP contribution in [0, 0.1) is 6.92 Å². The summed E-state index contributed by atoms with van der Waals surface area (Å²) in [6.45, 7) is 2.04. The van der Waals surface area contributed by atoms with Gasteiger partial charge in [0.25, 0.3) is 0 Å². The van der Waals surface area contributed by atoms with Crippen molar-refractivity contribution in [3.8, 4) is 5.75 Å². The number of anilines is 4. The van der Waals surface area contributed by atoms with Gasteiger partial charge in [0.2, 0.25) is 5.95 Å². The third-order valence-electron chi connectivity index (χ3n) is 4.72. The Hall–Kier alpha value is -3.41. The molecule has 0 spiro atoms. The minimum atomic E-state index is 0.0773. The number of nitrogens with one attached hydrogen (secondary N) is 2. The Bertz CT molecular complexity index is 1020. The lowest BCUT2D eigenvalue weighted by atomic mass is 9.95. The van der Waals surface area contributed by atoms with Gasteiger partial charge in [-0.05, 0) is 44.0 Å². The highest BCUT2D eigenvalue weighted by Gasteiger charge is 2.24. The molecule has 1 heterocycles. The number of hydrogen-bond acceptors (Lipinski definition) is 6. The fourth-order valence-electron chi connectivity index (χ4n) is 3.27. The molecule has 0 saturated heterocycles. The minimum Gasteiger partial charge on any atom is -0.497 e. The maximum atomic E-state index is 12.6. The summed E-state index contributed by atoms with van der Waals surface area (Å²) >= 11 is 0. The highest BCUT2D eigenvalue weighted by molar-refractivity contribution is 6.03. The van der Waals surface area contributed by atoms with Crippen LogP contribution in [0.3, 0.4) is 0 Å². The van der Waals surface area contributed by atoms with Crippen molar-refractivity contribution in [3.63, 3.8) is 0 Å². The molecule has 1 aliphatic rings. The molecule has 4 rings (SSSR count). The van der Waals surface area contributed by atoms with Crippen molar-refractivity contribution in [3.05, 3.63) is 65.4 Å². The molecule has 0 atom stereocenters. The number of Topliss-reactive ketones (excluding diaryl/α,β-unsaturated/α-hetero) is 1. The summed E-state index contributed by atoms with van der Waals surface area (Å²) in [5.41, 5.74) is 4.26. The molecule has 0 aliphatic heterocycles. The van der Waals surface area contributed by atoms with Gasteiger partial charge in [0, 0.05) is 23.9 Å². The molecule has 142 valence electrons. The van der Waals surface area contributed by atoms with E-state index < -0.39 is 0 Å². The molecule has 6 heteroatoms. The maximum Gasteiger partial charge on any atom is 0.229 e. The molecule has 0 saturated carbocycles. The average Bonchev–Trinajstić information content (AvgIpc) is 2.70. The van der Waals surface area contributed by atoms with Gasteiger partial charge in [-0.3, -0.25) is 4.79 Å². The number of aryl methyl sites for hydroxylation is 2. The number of benzene rings is 2. The highest BCUT2D eigenvalue weighted by Crippen LogP contribution is 2.30. The molecular weight excluding hydrogens is 352 g/mol. The summed E-state index contributed by atoms with van der Waals surface area (Å²) in [6, 6.07) is 15.6. The molecule has 28 heavy (non-hydrogen) atoms. The molecule has 3 aromatic rings. The highest BCUT2D eigenvalue weighted by atomic mass is 16.5. The molecule has 1 aliphatic carbocycles. The van der Waals surface area contributed by atoms with Crippen LogP contribution in [-0.2, 0) is 6.42 Å². The number of ketones is 1. The first-order chi connectivity index (χ1) is 13.6. The van der Waals surface area contributed by atoms with E-state index in [2.05, 4.69) is 20.6 Å². The van der Waals surface area contributed by atoms with Crippen LogP contribution in [-0.4, -0.2) is 22.9 Å². The van der Waals surface area contributed by atoms with E-state index in [9.17, 15) is 4.79 Å². The van der Waals surface area contributed by atoms with Crippen molar-refractivity contribution in [2.45, 2.75) is 26.2 Å². The lowest BCUT2D eigenvalue weighted by Crippen LogP contribution is -2.17. The van der Waals surface area contributed by atoms with E-state index in [1.54, 1.807) is 7.11 Å². The first-order valence-corrected chi connectivity index (χ1v) is 9.31. The normalized spacial score (nSPS) is 13.0. The summed E-state index contributed by atoms with van der Waals surface area (Å²) in [4.78, 5) is 21.8. The summed E-state index contributed by atoms with van der Waals surface area (Å²) < 4.78 is 5.29. The molecule has 0 unspecified atom stereocenters. The predicted molar refractivity (Wildman–Crippen MR) is 110 cm³/mol. The van der Waals surface area contributed by atoms with Crippen molar-refractivity contribution in [1.82, 2.24) is 9.97 Å². The van der Waals surface area contributed by atoms with Crippen molar-refractivity contribution < 1.29 is 9.53 Å². The molecule has 6 nitrogen and oxygen atoms in total. The van der Waals surface area contributed by atoms with Crippen LogP contribution in [0.25, 0.3) is 0 Å². The molecule has 2 N–H and O–H groups in total. The van der Waals surface area contributed by atoms with Gasteiger partial charge in [0.1, 0.15) is 11.6 Å². The zero-order valence-corrected chi connectivity index (χ0v) is 16.0. The first-order valence-electron chi connectivity index (χ1n) is 9.31. The largest absolute Gasteiger partial charge is 0.497 e. The van der Waals surface area contributed by atoms with E-state index in [0.29, 0.717) is 23.8 Å². The molecule has 1 aromatic heterocycles. The van der Waals surface area contributed by atoms with Crippen molar-refractivity contribution in [2.75, 3.05) is 17.7 Å². The van der Waals surface area contributed by atoms with Gasteiger partial charge >= 0.3 is 0 Å². The summed E-state index contributed by atoms with van der Waals surface area (Å²) in [6.07, 6.45) is 2.10. The smallest absolute Gasteiger partial charge is 0.229 e. The van der Waals surface area contributed by atoms with Gasteiger partial charge in [-0.1, -0.05) is 23.8 Å². The molecule has 0 bridgehead atoms. The average molecular weight is 374 g/mol. The summed E-state index contributed by atoms with van der Waals surface area (Å²) in [5, 5.41) is 6.53. The monoisotopic (exact) mass is 374 g/mol. The standard InChI is InChI=1S/C22H22N4O2/c1-14-9-11-15(12-10-14)24-22-25-18-7-4-8-19(27)20(18)21(26-22)23-16-5-3-6-17(13-16)28-2/h3,5-6,9-13H,4,7-8H2,1-2H3,(H2,23,24,25,26). The predicted octanol–water partition coefficient (Wildman–Crippen LogP) is 4.80. The number of rotatable bonds is 5. The quantitative estimate of drug-likeness (QED) is 0.668. The Labute approximate surface area is 164 Å². The van der Waals surface area contributed by atoms with Crippen molar-refractivity contribution in [1.29, 1.82) is 0 Å². The van der Waals surface area contributed by atoms with E-state index in [1.807, 2.05) is 55.5 Å². The molecule has 0 fully saturated rings. The summed E-state index contributed by atoms with van der Waals surface area (Å²) in [7, 11) is 1.62. The number of nitrogens with zero attached hydrogens (tertiary/aromatic N) is 2. The number of methoxy groups -OCH3 is 1. The molecule has 0 radical (unpaired) electrons. The second-order valence-corrected chi connectivity index (χ2v) is 6.84. The van der Waals surface area contributed by atoms with E-state index in [4.69, 9.17) is 4.74 Å². The van der Waals surface area contributed by atoms with Crippen LogP contribution in [0.5, 0.6) is 5.75 Å². The Morgan fingerprint density at radius 1 is 0.964 bits per heavy atom. The van der Waals surface area contributed by atoms with Gasteiger partial charge in [-0.2, -0.15) is 4.98 Å². The Morgan fingerprint density at radius 3 is 2.57 bits per heavy atom. The van der Waals surface area contributed by atoms with Gasteiger partial charge in [0.15, 0.2) is 5.78 Å². The molecule has 0 amide bonds. The van der Waals surface area contributed by atoms with Gasteiger partial charge in [-0.25, -0.2) is 4.98 Å². The second kappa shape index (κ2) is 7.68. The van der Waals surface area contributed by atoms with E-state index in [1.165, 1.54) is 5.56 Å². The topological polar surface area (TPSA) is 76.1 Å². The van der Waals surface area contributed by atoms with Crippen LogP contribution in [0.15, 0.2) is 48.5 Å². The van der Waals surface area contributed by atoms with Crippen LogP contribution >= 0.6 is 0 Å². The van der Waals surface area contributed by atoms with E-state index in [0.717, 1.165) is 35.7 Å². The SMILES string of the molecule is COc1cccc(Nc2nc(Nc3ccc(C)cc3)nc3c2C(=O)CCC3)c1. The summed E-state index contributed by atoms with van der Waals surface area (Å²) in [5.74, 6) is 1.81. The van der Waals surface area contributed by atoms with Gasteiger partial charge < -0.3 is 15.4 Å².